The molecule has 0 radical (unpaired) electrons. The van der Waals surface area contributed by atoms with Gasteiger partial charge < -0.3 is 64.2 Å². The van der Waals surface area contributed by atoms with Crippen molar-refractivity contribution in [2.75, 3.05) is 26.4 Å². The van der Waals surface area contributed by atoms with Gasteiger partial charge in [0.15, 0.2) is 18.7 Å². The summed E-state index contributed by atoms with van der Waals surface area (Å²) < 4.78 is 33.7. The first-order chi connectivity index (χ1) is 35.0. The van der Waals surface area contributed by atoms with Gasteiger partial charge in [-0.25, -0.2) is 0 Å². The molecule has 2 fully saturated rings. The van der Waals surface area contributed by atoms with Crippen LogP contribution in [0.5, 0.6) is 0 Å². The summed E-state index contributed by atoms with van der Waals surface area (Å²) in [6.07, 6.45) is 29.5. The molecule has 424 valence electrons. The zero-order chi connectivity index (χ0) is 52.4. The van der Waals surface area contributed by atoms with Crippen LogP contribution in [0.4, 0.5) is 0 Å². The van der Waals surface area contributed by atoms with Gasteiger partial charge in [-0.15, -0.1) is 0 Å². The Morgan fingerprint density at radius 3 is 1.22 bits per heavy atom. The Morgan fingerprint density at radius 1 is 0.431 bits per heavy atom. The molecule has 0 amide bonds. The van der Waals surface area contributed by atoms with Crippen LogP contribution in [0.2, 0.25) is 0 Å². The Kier molecular flexibility index (Phi) is 40.9. The summed E-state index contributed by atoms with van der Waals surface area (Å²) in [6.45, 7) is 2.63. The minimum absolute atomic E-state index is 0.160. The second-order valence-electron chi connectivity index (χ2n) is 20.8. The molecule has 0 aliphatic carbocycles. The van der Waals surface area contributed by atoms with Crippen molar-refractivity contribution in [3.05, 3.63) is 12.2 Å². The molecule has 15 heteroatoms. The van der Waals surface area contributed by atoms with Gasteiger partial charge >= 0.3 is 11.9 Å². The Balaban J connectivity index is 1.74. The number of unbranched alkanes of at least 4 members (excludes halogenated alkanes) is 31. The van der Waals surface area contributed by atoms with Gasteiger partial charge in [0.2, 0.25) is 0 Å². The maximum atomic E-state index is 13.0. The lowest BCUT2D eigenvalue weighted by Crippen LogP contribution is -2.61. The molecular weight excluding hydrogens is 925 g/mol. The highest BCUT2D eigenvalue weighted by atomic mass is 16.7. The predicted octanol–water partition coefficient (Wildman–Crippen LogP) is 9.72. The fourth-order valence-corrected chi connectivity index (χ4v) is 9.45. The van der Waals surface area contributed by atoms with Crippen LogP contribution in [0.3, 0.4) is 0 Å². The van der Waals surface area contributed by atoms with Crippen molar-refractivity contribution < 1.29 is 73.8 Å². The minimum Gasteiger partial charge on any atom is -0.462 e. The lowest BCUT2D eigenvalue weighted by atomic mass is 9.98. The van der Waals surface area contributed by atoms with Gasteiger partial charge in [0.1, 0.15) is 55.4 Å². The predicted molar refractivity (Wildman–Crippen MR) is 280 cm³/mol. The van der Waals surface area contributed by atoms with Crippen LogP contribution >= 0.6 is 0 Å². The Hall–Kier alpha value is -1.76. The summed E-state index contributed by atoms with van der Waals surface area (Å²) in [7, 11) is 0. The van der Waals surface area contributed by atoms with Crippen LogP contribution in [-0.2, 0) is 38.0 Å². The molecule has 72 heavy (non-hydrogen) atoms. The smallest absolute Gasteiger partial charge is 0.306 e. The molecule has 2 rings (SSSR count). The van der Waals surface area contributed by atoms with E-state index in [0.717, 1.165) is 57.8 Å². The molecule has 0 saturated carbocycles. The molecule has 2 heterocycles. The van der Waals surface area contributed by atoms with Crippen molar-refractivity contribution >= 4 is 11.9 Å². The van der Waals surface area contributed by atoms with Crippen LogP contribution in [0.15, 0.2) is 12.2 Å². The SMILES string of the molecule is CCCCCCCCC/C=C\CCCCCCCC(=O)OC(COC(=O)CCCCCCCCCCCCCCCCCCCCCC)COC1OC(COC2OC(CO)C(O)C(O)C2O)C(O)C(O)C1O. The van der Waals surface area contributed by atoms with Crippen molar-refractivity contribution in [3.63, 3.8) is 0 Å². The number of aliphatic hydroxyl groups excluding tert-OH is 7. The number of rotatable bonds is 47. The van der Waals surface area contributed by atoms with Gasteiger partial charge in [-0.1, -0.05) is 206 Å². The summed E-state index contributed by atoms with van der Waals surface area (Å²) in [5.74, 6) is -0.919. The Labute approximate surface area is 435 Å². The topological polar surface area (TPSA) is 231 Å². The maximum Gasteiger partial charge on any atom is 0.306 e. The average Bonchev–Trinajstić information content (AvgIpc) is 3.37. The molecule has 0 aromatic carbocycles. The lowest BCUT2D eigenvalue weighted by Gasteiger charge is -2.42. The molecule has 2 aliphatic heterocycles. The standard InChI is InChI=1S/C57H106O15/c1-3-5-7-9-11-13-15-17-19-21-22-23-24-26-27-29-31-33-35-37-39-48(59)67-42-45(70-49(60)40-38-36-34-32-30-28-25-20-18-16-14-12-10-8-6-4-2)43-68-56-55(66)53(64)51(62)47(72-56)44-69-57-54(65)52(63)50(61)46(41-58)71-57/h20,25,45-47,50-58,61-66H,3-19,21-24,26-44H2,1-2H3/b25-20-. The van der Waals surface area contributed by atoms with Crippen LogP contribution in [0, 0.1) is 0 Å². The number of hydrogen-bond donors (Lipinski definition) is 7. The lowest BCUT2D eigenvalue weighted by molar-refractivity contribution is -0.332. The van der Waals surface area contributed by atoms with Crippen molar-refractivity contribution in [1.82, 2.24) is 0 Å². The van der Waals surface area contributed by atoms with Gasteiger partial charge in [-0.2, -0.15) is 0 Å². The molecule has 15 nitrogen and oxygen atoms in total. The number of allylic oxidation sites excluding steroid dienone is 2. The molecule has 11 unspecified atom stereocenters. The second kappa shape index (κ2) is 44.4. The molecule has 0 aromatic rings. The van der Waals surface area contributed by atoms with E-state index in [9.17, 15) is 45.3 Å². The highest BCUT2D eigenvalue weighted by Gasteiger charge is 2.47. The number of ether oxygens (including phenoxy) is 6. The first-order valence-electron chi connectivity index (χ1n) is 29.3. The summed E-state index contributed by atoms with van der Waals surface area (Å²) in [4.78, 5) is 25.9. The van der Waals surface area contributed by atoms with E-state index in [1.165, 1.54) is 148 Å². The normalized spacial score (nSPS) is 25.0. The first kappa shape index (κ1) is 66.4. The van der Waals surface area contributed by atoms with Crippen molar-refractivity contribution in [3.8, 4) is 0 Å². The molecule has 2 aliphatic rings. The van der Waals surface area contributed by atoms with E-state index in [1.54, 1.807) is 0 Å². The zero-order valence-corrected chi connectivity index (χ0v) is 45.2. The van der Waals surface area contributed by atoms with Gasteiger partial charge in [-0.3, -0.25) is 9.59 Å². The molecular formula is C57H106O15. The quantitative estimate of drug-likeness (QED) is 0.0171. The number of carbonyl (C=O) groups is 2. The van der Waals surface area contributed by atoms with E-state index in [4.69, 9.17) is 28.4 Å². The van der Waals surface area contributed by atoms with Gasteiger partial charge in [0, 0.05) is 12.8 Å². The number of aliphatic hydroxyl groups is 7. The summed E-state index contributed by atoms with van der Waals surface area (Å²) in [5.41, 5.74) is 0. The van der Waals surface area contributed by atoms with E-state index in [1.807, 2.05) is 0 Å². The van der Waals surface area contributed by atoms with Gasteiger partial charge in [0.05, 0.1) is 19.8 Å². The van der Waals surface area contributed by atoms with Crippen molar-refractivity contribution in [2.24, 2.45) is 0 Å². The van der Waals surface area contributed by atoms with E-state index in [-0.39, 0.29) is 26.1 Å². The average molecular weight is 1030 g/mol. The largest absolute Gasteiger partial charge is 0.462 e. The van der Waals surface area contributed by atoms with Crippen molar-refractivity contribution in [1.29, 1.82) is 0 Å². The van der Waals surface area contributed by atoms with Crippen LogP contribution in [0.25, 0.3) is 0 Å². The molecule has 7 N–H and O–H groups in total. The van der Waals surface area contributed by atoms with Crippen LogP contribution < -0.4 is 0 Å². The second-order valence-corrected chi connectivity index (χ2v) is 20.8. The number of esters is 2. The third-order valence-corrected chi connectivity index (χ3v) is 14.2. The first-order valence-corrected chi connectivity index (χ1v) is 29.3. The van der Waals surface area contributed by atoms with Crippen LogP contribution in [-0.4, -0.2) is 142 Å². The molecule has 2 saturated heterocycles. The number of hydrogen-bond acceptors (Lipinski definition) is 15. The van der Waals surface area contributed by atoms with E-state index < -0.39 is 92.7 Å². The van der Waals surface area contributed by atoms with E-state index in [0.29, 0.717) is 12.8 Å². The van der Waals surface area contributed by atoms with E-state index in [2.05, 4.69) is 26.0 Å². The summed E-state index contributed by atoms with van der Waals surface area (Å²) >= 11 is 0. The molecule has 11 atom stereocenters. The third-order valence-electron chi connectivity index (χ3n) is 14.2. The fraction of sp³-hybridized carbons (Fsp3) is 0.930. The van der Waals surface area contributed by atoms with Crippen LogP contribution in [0.1, 0.15) is 245 Å². The fourth-order valence-electron chi connectivity index (χ4n) is 9.45. The van der Waals surface area contributed by atoms with E-state index >= 15 is 0 Å². The molecule has 0 spiro atoms. The highest BCUT2D eigenvalue weighted by molar-refractivity contribution is 5.70. The maximum absolute atomic E-state index is 13.0. The Bertz CT molecular complexity index is 1300. The minimum atomic E-state index is -1.76. The van der Waals surface area contributed by atoms with Gasteiger partial charge in [-0.05, 0) is 38.5 Å². The van der Waals surface area contributed by atoms with Crippen molar-refractivity contribution in [2.45, 2.75) is 313 Å². The molecule has 0 bridgehead atoms. The zero-order valence-electron chi connectivity index (χ0n) is 45.2. The van der Waals surface area contributed by atoms with Gasteiger partial charge in [0.25, 0.3) is 0 Å². The third kappa shape index (κ3) is 31.3. The Morgan fingerprint density at radius 2 is 0.792 bits per heavy atom. The number of carbonyl (C=O) groups excluding carboxylic acids is 2. The monoisotopic (exact) mass is 1030 g/mol. The molecule has 0 aromatic heterocycles. The summed E-state index contributed by atoms with van der Waals surface area (Å²) in [5, 5.41) is 72.3. The summed E-state index contributed by atoms with van der Waals surface area (Å²) in [6, 6.07) is 0. The highest BCUT2D eigenvalue weighted by Crippen LogP contribution is 2.27.